The number of anilines is 2. The summed E-state index contributed by atoms with van der Waals surface area (Å²) in [5, 5.41) is 12.9. The Bertz CT molecular complexity index is 1270. The van der Waals surface area contributed by atoms with Gasteiger partial charge in [0.1, 0.15) is 0 Å². The SMILES string of the molecule is Nc1ccc(-c2cccs2)cc1NC(=O)CCc1cn(CCc2cccc(C(F)(F)F)c2)nn1. The topological polar surface area (TPSA) is 85.8 Å². The Morgan fingerprint density at radius 3 is 2.71 bits per heavy atom. The average Bonchev–Trinajstić information content (AvgIpc) is 3.50. The van der Waals surface area contributed by atoms with Crippen LogP contribution in [0.5, 0.6) is 0 Å². The highest BCUT2D eigenvalue weighted by Crippen LogP contribution is 2.31. The molecule has 0 saturated heterocycles. The van der Waals surface area contributed by atoms with Gasteiger partial charge in [0.05, 0.1) is 22.6 Å². The van der Waals surface area contributed by atoms with Crippen LogP contribution in [0.15, 0.2) is 66.2 Å². The van der Waals surface area contributed by atoms with Gasteiger partial charge >= 0.3 is 6.18 Å². The Balaban J connectivity index is 1.30. The first-order valence-electron chi connectivity index (χ1n) is 10.6. The normalized spacial score (nSPS) is 11.5. The first kappa shape index (κ1) is 23.5. The average molecular weight is 486 g/mol. The van der Waals surface area contributed by atoms with Crippen LogP contribution in [0, 0.1) is 0 Å². The lowest BCUT2D eigenvalue weighted by molar-refractivity contribution is -0.137. The van der Waals surface area contributed by atoms with Crippen LogP contribution < -0.4 is 11.1 Å². The van der Waals surface area contributed by atoms with E-state index in [2.05, 4.69) is 15.6 Å². The number of nitrogens with zero attached hydrogens (tertiary/aromatic N) is 3. The molecule has 0 aliphatic heterocycles. The van der Waals surface area contributed by atoms with Crippen molar-refractivity contribution in [3.8, 4) is 10.4 Å². The van der Waals surface area contributed by atoms with Crippen molar-refractivity contribution >= 4 is 28.6 Å². The molecule has 3 N–H and O–H groups in total. The number of carbonyl (C=O) groups excluding carboxylic acids is 1. The number of aryl methyl sites for hydroxylation is 3. The van der Waals surface area contributed by atoms with Gasteiger partial charge in [-0.25, -0.2) is 0 Å². The molecule has 4 aromatic rings. The Kier molecular flexibility index (Phi) is 6.97. The number of hydrogen-bond donors (Lipinski definition) is 2. The minimum absolute atomic E-state index is 0.189. The molecule has 10 heteroatoms. The van der Waals surface area contributed by atoms with Gasteiger partial charge in [-0.3, -0.25) is 9.48 Å². The van der Waals surface area contributed by atoms with Crippen molar-refractivity contribution in [2.75, 3.05) is 11.1 Å². The standard InChI is InChI=1S/C24H22F3N5OS/c25-24(26,27)18-4-1-3-16(13-18)10-11-32-15-19(30-31-32)7-9-23(33)29-21-14-17(6-8-20(21)28)22-5-2-12-34-22/h1-6,8,12-15H,7,9-11,28H2,(H,29,33). The maximum Gasteiger partial charge on any atom is 0.416 e. The lowest BCUT2D eigenvalue weighted by Crippen LogP contribution is -2.13. The highest BCUT2D eigenvalue weighted by Gasteiger charge is 2.30. The summed E-state index contributed by atoms with van der Waals surface area (Å²) in [7, 11) is 0. The molecule has 34 heavy (non-hydrogen) atoms. The fourth-order valence-electron chi connectivity index (χ4n) is 3.42. The number of alkyl halides is 3. The predicted molar refractivity (Wildman–Crippen MR) is 126 cm³/mol. The third-order valence-corrected chi connectivity index (χ3v) is 6.13. The van der Waals surface area contributed by atoms with Gasteiger partial charge in [-0.15, -0.1) is 16.4 Å². The first-order valence-corrected chi connectivity index (χ1v) is 11.4. The van der Waals surface area contributed by atoms with Crippen molar-refractivity contribution in [3.05, 3.63) is 83.0 Å². The van der Waals surface area contributed by atoms with Gasteiger partial charge in [-0.1, -0.05) is 35.5 Å². The van der Waals surface area contributed by atoms with Gasteiger partial charge in [-0.2, -0.15) is 13.2 Å². The van der Waals surface area contributed by atoms with Crippen LogP contribution in [0.3, 0.4) is 0 Å². The molecule has 1 amide bonds. The number of benzene rings is 2. The van der Waals surface area contributed by atoms with Crippen molar-refractivity contribution in [3.63, 3.8) is 0 Å². The largest absolute Gasteiger partial charge is 0.416 e. The maximum atomic E-state index is 12.9. The molecule has 0 aliphatic rings. The number of thiophene rings is 1. The summed E-state index contributed by atoms with van der Waals surface area (Å²) in [4.78, 5) is 13.5. The second kappa shape index (κ2) is 10.1. The van der Waals surface area contributed by atoms with Crippen LogP contribution in [-0.2, 0) is 30.4 Å². The van der Waals surface area contributed by atoms with E-state index < -0.39 is 11.7 Å². The number of rotatable bonds is 8. The second-order valence-electron chi connectivity index (χ2n) is 7.75. The van der Waals surface area contributed by atoms with Crippen LogP contribution in [0.25, 0.3) is 10.4 Å². The lowest BCUT2D eigenvalue weighted by Gasteiger charge is -2.09. The van der Waals surface area contributed by atoms with E-state index in [1.807, 2.05) is 29.6 Å². The number of carbonyl (C=O) groups is 1. The number of hydrogen-bond acceptors (Lipinski definition) is 5. The third kappa shape index (κ3) is 6.02. The molecule has 0 spiro atoms. The molecule has 4 rings (SSSR count). The zero-order chi connectivity index (χ0) is 24.1. The number of amides is 1. The van der Waals surface area contributed by atoms with Crippen LogP contribution >= 0.6 is 11.3 Å². The van der Waals surface area contributed by atoms with Gasteiger partial charge in [0.15, 0.2) is 0 Å². The quantitative estimate of drug-likeness (QED) is 0.326. The number of halogens is 3. The van der Waals surface area contributed by atoms with E-state index in [1.54, 1.807) is 34.3 Å². The molecule has 0 radical (unpaired) electrons. The zero-order valence-corrected chi connectivity index (χ0v) is 18.9. The Labute approximate surface area is 198 Å². The fraction of sp³-hybridized carbons (Fsp3) is 0.208. The summed E-state index contributed by atoms with van der Waals surface area (Å²) >= 11 is 1.60. The number of nitrogens with two attached hydrogens (primary N) is 1. The summed E-state index contributed by atoms with van der Waals surface area (Å²) in [5.74, 6) is -0.200. The molecular formula is C24H22F3N5OS. The van der Waals surface area contributed by atoms with Gasteiger partial charge in [0.2, 0.25) is 5.91 Å². The van der Waals surface area contributed by atoms with Crippen LogP contribution in [0.2, 0.25) is 0 Å². The first-order chi connectivity index (χ1) is 16.3. The molecular weight excluding hydrogens is 463 g/mol. The number of aromatic nitrogens is 3. The van der Waals surface area contributed by atoms with Crippen molar-refractivity contribution < 1.29 is 18.0 Å². The van der Waals surface area contributed by atoms with E-state index in [-0.39, 0.29) is 12.3 Å². The highest BCUT2D eigenvalue weighted by molar-refractivity contribution is 7.13. The highest BCUT2D eigenvalue weighted by atomic mass is 32.1. The minimum atomic E-state index is -4.37. The van der Waals surface area contributed by atoms with Gasteiger partial charge < -0.3 is 11.1 Å². The van der Waals surface area contributed by atoms with Gasteiger partial charge in [-0.05, 0) is 47.2 Å². The minimum Gasteiger partial charge on any atom is -0.397 e. The zero-order valence-electron chi connectivity index (χ0n) is 18.0. The molecule has 0 saturated carbocycles. The Hall–Kier alpha value is -3.66. The van der Waals surface area contributed by atoms with E-state index in [9.17, 15) is 18.0 Å². The summed E-state index contributed by atoms with van der Waals surface area (Å²) in [6, 6.07) is 14.7. The molecule has 0 fully saturated rings. The molecule has 0 aliphatic carbocycles. The molecule has 2 aromatic heterocycles. The number of nitrogen functional groups attached to an aromatic ring is 1. The van der Waals surface area contributed by atoms with Crippen molar-refractivity contribution in [1.29, 1.82) is 0 Å². The summed E-state index contributed by atoms with van der Waals surface area (Å²) in [6.45, 7) is 0.382. The van der Waals surface area contributed by atoms with Gasteiger partial charge in [0.25, 0.3) is 0 Å². The Morgan fingerprint density at radius 1 is 1.09 bits per heavy atom. The van der Waals surface area contributed by atoms with Crippen molar-refractivity contribution in [1.82, 2.24) is 15.0 Å². The van der Waals surface area contributed by atoms with Crippen molar-refractivity contribution in [2.24, 2.45) is 0 Å². The molecule has 2 heterocycles. The molecule has 176 valence electrons. The maximum absolute atomic E-state index is 12.9. The number of nitrogens with one attached hydrogen (secondary N) is 1. The fourth-order valence-corrected chi connectivity index (χ4v) is 4.15. The summed E-state index contributed by atoms with van der Waals surface area (Å²) in [5.41, 5.74) is 8.55. The second-order valence-corrected chi connectivity index (χ2v) is 8.70. The van der Waals surface area contributed by atoms with E-state index >= 15 is 0 Å². The predicted octanol–water partition coefficient (Wildman–Crippen LogP) is 5.42. The van der Waals surface area contributed by atoms with E-state index in [0.29, 0.717) is 42.0 Å². The molecule has 6 nitrogen and oxygen atoms in total. The molecule has 0 unspecified atom stereocenters. The van der Waals surface area contributed by atoms with Crippen LogP contribution in [0.1, 0.15) is 23.2 Å². The van der Waals surface area contributed by atoms with E-state index in [0.717, 1.165) is 22.6 Å². The van der Waals surface area contributed by atoms with Gasteiger partial charge in [0, 0.05) is 30.5 Å². The summed E-state index contributed by atoms with van der Waals surface area (Å²) in [6.07, 6.45) is -1.72. The smallest absolute Gasteiger partial charge is 0.397 e. The van der Waals surface area contributed by atoms with Crippen LogP contribution in [0.4, 0.5) is 24.5 Å². The van der Waals surface area contributed by atoms with E-state index in [4.69, 9.17) is 5.73 Å². The third-order valence-electron chi connectivity index (χ3n) is 5.21. The van der Waals surface area contributed by atoms with E-state index in [1.165, 1.54) is 6.07 Å². The molecule has 0 bridgehead atoms. The summed E-state index contributed by atoms with van der Waals surface area (Å²) < 4.78 is 40.1. The monoisotopic (exact) mass is 485 g/mol. The van der Waals surface area contributed by atoms with Crippen LogP contribution in [-0.4, -0.2) is 20.9 Å². The molecule has 2 aromatic carbocycles. The van der Waals surface area contributed by atoms with Crippen molar-refractivity contribution in [2.45, 2.75) is 32.0 Å². The lowest BCUT2D eigenvalue weighted by atomic mass is 10.1. The Morgan fingerprint density at radius 2 is 1.94 bits per heavy atom. The molecule has 0 atom stereocenters.